The molecule has 172 valence electrons. The van der Waals surface area contributed by atoms with Gasteiger partial charge in [0.15, 0.2) is 0 Å². The Labute approximate surface area is 192 Å². The van der Waals surface area contributed by atoms with Crippen LogP contribution in [0.2, 0.25) is 0 Å². The fourth-order valence-electron chi connectivity index (χ4n) is 5.20. The molecule has 5 nitrogen and oxygen atoms in total. The van der Waals surface area contributed by atoms with Gasteiger partial charge < -0.3 is 10.1 Å². The van der Waals surface area contributed by atoms with Crippen LogP contribution in [0.5, 0.6) is 5.75 Å². The number of aryl methyl sites for hydroxylation is 1. The van der Waals surface area contributed by atoms with Crippen molar-refractivity contribution in [2.45, 2.75) is 64.3 Å². The first-order chi connectivity index (χ1) is 15.6. The molecular formula is C27H37N3O2. The lowest BCUT2D eigenvalue weighted by molar-refractivity contribution is 0.0940. The minimum atomic E-state index is 0.0527. The third-order valence-electron chi connectivity index (χ3n) is 7.10. The number of aromatic nitrogens is 1. The third-order valence-corrected chi connectivity index (χ3v) is 7.10. The Morgan fingerprint density at radius 1 is 1.09 bits per heavy atom. The van der Waals surface area contributed by atoms with Gasteiger partial charge in [0, 0.05) is 24.7 Å². The normalized spacial score (nSPS) is 18.4. The van der Waals surface area contributed by atoms with Crippen LogP contribution in [-0.4, -0.2) is 42.5 Å². The molecule has 0 bridgehead atoms. The van der Waals surface area contributed by atoms with Gasteiger partial charge in [0.2, 0.25) is 0 Å². The molecule has 5 heteroatoms. The van der Waals surface area contributed by atoms with Gasteiger partial charge in [-0.25, -0.2) is 0 Å². The Morgan fingerprint density at radius 3 is 2.62 bits per heavy atom. The maximum Gasteiger partial charge on any atom is 0.253 e. The summed E-state index contributed by atoms with van der Waals surface area (Å²) >= 11 is 0. The maximum atomic E-state index is 13.1. The number of benzene rings is 1. The van der Waals surface area contributed by atoms with Crippen molar-refractivity contribution in [1.29, 1.82) is 0 Å². The monoisotopic (exact) mass is 435 g/mol. The van der Waals surface area contributed by atoms with E-state index in [1.54, 1.807) is 7.11 Å². The highest BCUT2D eigenvalue weighted by Crippen LogP contribution is 2.30. The number of methoxy groups -OCH3 is 1. The number of rotatable bonds is 7. The maximum absolute atomic E-state index is 13.1. The molecule has 2 fully saturated rings. The number of likely N-dealkylation sites (tertiary alicyclic amines) is 1. The van der Waals surface area contributed by atoms with E-state index in [1.165, 1.54) is 37.7 Å². The molecule has 0 spiro atoms. The van der Waals surface area contributed by atoms with Gasteiger partial charge in [-0.3, -0.25) is 14.7 Å². The van der Waals surface area contributed by atoms with E-state index in [1.807, 2.05) is 25.1 Å². The van der Waals surface area contributed by atoms with E-state index < -0.39 is 0 Å². The van der Waals surface area contributed by atoms with Crippen molar-refractivity contribution in [1.82, 2.24) is 15.2 Å². The molecule has 4 rings (SSSR count). The summed E-state index contributed by atoms with van der Waals surface area (Å²) < 4.78 is 5.36. The summed E-state index contributed by atoms with van der Waals surface area (Å²) in [5.41, 5.74) is 4.03. The zero-order valence-electron chi connectivity index (χ0n) is 19.6. The number of nitrogens with one attached hydrogen (secondary N) is 1. The van der Waals surface area contributed by atoms with E-state index in [0.29, 0.717) is 11.8 Å². The number of ether oxygens (including phenoxy) is 1. The Hall–Kier alpha value is -2.40. The minimum absolute atomic E-state index is 0.0527. The van der Waals surface area contributed by atoms with Crippen LogP contribution in [-0.2, 0) is 6.54 Å². The van der Waals surface area contributed by atoms with Gasteiger partial charge in [0.1, 0.15) is 5.75 Å². The molecule has 1 aromatic carbocycles. The number of pyridine rings is 1. The summed E-state index contributed by atoms with van der Waals surface area (Å²) in [6, 6.07) is 12.3. The van der Waals surface area contributed by atoms with Crippen molar-refractivity contribution in [3.63, 3.8) is 0 Å². The molecule has 2 aliphatic rings. The predicted molar refractivity (Wildman–Crippen MR) is 128 cm³/mol. The van der Waals surface area contributed by atoms with Gasteiger partial charge in [-0.2, -0.15) is 0 Å². The van der Waals surface area contributed by atoms with Crippen molar-refractivity contribution in [3.05, 3.63) is 58.9 Å². The summed E-state index contributed by atoms with van der Waals surface area (Å²) in [6.45, 7) is 5.78. The van der Waals surface area contributed by atoms with Crippen LogP contribution >= 0.6 is 0 Å². The largest absolute Gasteiger partial charge is 0.497 e. The number of carbonyl (C=O) groups is 1. The van der Waals surface area contributed by atoms with Crippen molar-refractivity contribution in [2.75, 3.05) is 26.7 Å². The highest BCUT2D eigenvalue weighted by Gasteiger charge is 2.26. The summed E-state index contributed by atoms with van der Waals surface area (Å²) in [6.07, 6.45) is 8.48. The van der Waals surface area contributed by atoms with Crippen molar-refractivity contribution < 1.29 is 9.53 Å². The second-order valence-corrected chi connectivity index (χ2v) is 9.50. The number of piperidine rings is 1. The summed E-state index contributed by atoms with van der Waals surface area (Å²) in [7, 11) is 1.71. The number of carbonyl (C=O) groups excluding carboxylic acids is 1. The second-order valence-electron chi connectivity index (χ2n) is 9.50. The molecule has 1 N–H and O–H groups in total. The van der Waals surface area contributed by atoms with Gasteiger partial charge in [0.05, 0.1) is 18.4 Å². The molecule has 1 aliphatic carbocycles. The van der Waals surface area contributed by atoms with E-state index in [9.17, 15) is 4.79 Å². The average Bonchev–Trinajstić information content (AvgIpc) is 2.84. The van der Waals surface area contributed by atoms with Crippen molar-refractivity contribution in [3.8, 4) is 5.75 Å². The third kappa shape index (κ3) is 5.89. The Morgan fingerprint density at radius 2 is 1.88 bits per heavy atom. The van der Waals surface area contributed by atoms with Crippen molar-refractivity contribution in [2.24, 2.45) is 5.92 Å². The molecule has 32 heavy (non-hydrogen) atoms. The van der Waals surface area contributed by atoms with Crippen LogP contribution in [0, 0.1) is 12.8 Å². The lowest BCUT2D eigenvalue weighted by Gasteiger charge is -2.32. The first kappa shape index (κ1) is 22.8. The predicted octanol–water partition coefficient (Wildman–Crippen LogP) is 5.09. The highest BCUT2D eigenvalue weighted by atomic mass is 16.5. The van der Waals surface area contributed by atoms with Gasteiger partial charge in [-0.05, 0) is 81.4 Å². The van der Waals surface area contributed by atoms with E-state index in [4.69, 9.17) is 9.72 Å². The standard InChI is InChI=1S/C27H37N3O2/c1-20-11-12-25(27(31)28-18-21-7-4-3-5-8-21)26(29-20)23-13-15-30(16-14-23)19-22-9-6-10-24(17-22)32-2/h6,9-12,17,21,23H,3-5,7-8,13-16,18-19H2,1-2H3,(H,28,31). The summed E-state index contributed by atoms with van der Waals surface area (Å²) in [4.78, 5) is 20.4. The van der Waals surface area contributed by atoms with E-state index >= 15 is 0 Å². The number of hydrogen-bond acceptors (Lipinski definition) is 4. The molecular weight excluding hydrogens is 398 g/mol. The summed E-state index contributed by atoms with van der Waals surface area (Å²) in [5, 5.41) is 3.22. The Kier molecular flexibility index (Phi) is 7.80. The zero-order valence-corrected chi connectivity index (χ0v) is 19.6. The lowest BCUT2D eigenvalue weighted by Crippen LogP contribution is -2.35. The van der Waals surface area contributed by atoms with Crippen LogP contribution < -0.4 is 10.1 Å². The average molecular weight is 436 g/mol. The molecule has 2 aromatic rings. The van der Waals surface area contributed by atoms with Crippen LogP contribution in [0.3, 0.4) is 0 Å². The molecule has 1 amide bonds. The molecule has 1 aliphatic heterocycles. The van der Waals surface area contributed by atoms with E-state index in [2.05, 4.69) is 28.4 Å². The smallest absolute Gasteiger partial charge is 0.253 e. The molecule has 0 atom stereocenters. The highest BCUT2D eigenvalue weighted by molar-refractivity contribution is 5.95. The van der Waals surface area contributed by atoms with Gasteiger partial charge in [-0.15, -0.1) is 0 Å². The van der Waals surface area contributed by atoms with Crippen LogP contribution in [0.25, 0.3) is 0 Å². The van der Waals surface area contributed by atoms with Crippen molar-refractivity contribution >= 4 is 5.91 Å². The van der Waals surface area contributed by atoms with E-state index in [-0.39, 0.29) is 5.91 Å². The molecule has 1 saturated heterocycles. The Bertz CT molecular complexity index is 900. The fourth-order valence-corrected chi connectivity index (χ4v) is 5.20. The fraction of sp³-hybridized carbons (Fsp3) is 0.556. The first-order valence-corrected chi connectivity index (χ1v) is 12.2. The minimum Gasteiger partial charge on any atom is -0.497 e. The Balaban J connectivity index is 1.37. The van der Waals surface area contributed by atoms with Gasteiger partial charge >= 0.3 is 0 Å². The first-order valence-electron chi connectivity index (χ1n) is 12.2. The zero-order chi connectivity index (χ0) is 22.3. The topological polar surface area (TPSA) is 54.5 Å². The number of hydrogen-bond donors (Lipinski definition) is 1. The molecule has 1 saturated carbocycles. The number of nitrogens with zero attached hydrogens (tertiary/aromatic N) is 2. The van der Waals surface area contributed by atoms with Gasteiger partial charge in [-0.1, -0.05) is 31.4 Å². The molecule has 0 unspecified atom stereocenters. The SMILES string of the molecule is COc1cccc(CN2CCC(c3nc(C)ccc3C(=O)NCC3CCCCC3)CC2)c1. The lowest BCUT2D eigenvalue weighted by atomic mass is 9.88. The number of amides is 1. The molecule has 2 heterocycles. The van der Waals surface area contributed by atoms with Crippen LogP contribution in [0.1, 0.15) is 78.2 Å². The van der Waals surface area contributed by atoms with E-state index in [0.717, 1.165) is 61.7 Å². The molecule has 0 radical (unpaired) electrons. The van der Waals surface area contributed by atoms with Crippen LogP contribution in [0.4, 0.5) is 0 Å². The summed E-state index contributed by atoms with van der Waals surface area (Å²) in [5.74, 6) is 1.93. The molecule has 1 aromatic heterocycles. The quantitative estimate of drug-likeness (QED) is 0.658. The van der Waals surface area contributed by atoms with Gasteiger partial charge in [0.25, 0.3) is 5.91 Å². The van der Waals surface area contributed by atoms with Crippen LogP contribution in [0.15, 0.2) is 36.4 Å². The second kappa shape index (κ2) is 11.0.